The Morgan fingerprint density at radius 3 is 1.90 bits per heavy atom. The molecular formula is C20H21NO7S. The molecule has 1 N–H and O–H groups in total. The van der Waals surface area contributed by atoms with Crippen molar-refractivity contribution in [3.63, 3.8) is 0 Å². The summed E-state index contributed by atoms with van der Waals surface area (Å²) in [7, 11) is -3.36. The van der Waals surface area contributed by atoms with E-state index >= 15 is 0 Å². The van der Waals surface area contributed by atoms with Gasteiger partial charge < -0.3 is 14.8 Å². The lowest BCUT2D eigenvalue weighted by Gasteiger charge is -2.08. The lowest BCUT2D eigenvalue weighted by Crippen LogP contribution is -2.21. The van der Waals surface area contributed by atoms with Gasteiger partial charge in [0.1, 0.15) is 0 Å². The first-order valence-corrected chi connectivity index (χ1v) is 10.6. The van der Waals surface area contributed by atoms with E-state index in [4.69, 9.17) is 9.47 Å². The van der Waals surface area contributed by atoms with Crippen molar-refractivity contribution in [3.8, 4) is 0 Å². The van der Waals surface area contributed by atoms with Crippen molar-refractivity contribution in [2.24, 2.45) is 0 Å². The summed E-state index contributed by atoms with van der Waals surface area (Å²) in [6.07, 6.45) is 1.78. The number of rotatable bonds is 8. The average molecular weight is 419 g/mol. The summed E-state index contributed by atoms with van der Waals surface area (Å²) < 4.78 is 32.8. The molecule has 8 nitrogen and oxygen atoms in total. The number of nitrogens with one attached hydrogen (secondary N) is 1. The van der Waals surface area contributed by atoms with E-state index in [-0.39, 0.29) is 10.5 Å². The van der Waals surface area contributed by atoms with Crippen LogP contribution in [0.3, 0.4) is 0 Å². The monoisotopic (exact) mass is 419 g/mol. The third kappa shape index (κ3) is 6.72. The predicted molar refractivity (Wildman–Crippen MR) is 105 cm³/mol. The first kappa shape index (κ1) is 22.1. The molecule has 0 aliphatic rings. The second-order valence-corrected chi connectivity index (χ2v) is 8.15. The topological polar surface area (TPSA) is 116 Å². The van der Waals surface area contributed by atoms with Gasteiger partial charge in [0, 0.05) is 11.9 Å². The highest BCUT2D eigenvalue weighted by Gasteiger charge is 2.13. The smallest absolute Gasteiger partial charge is 0.338 e. The maximum absolute atomic E-state index is 12.0. The largest absolute Gasteiger partial charge is 0.462 e. The molecule has 0 aliphatic heterocycles. The van der Waals surface area contributed by atoms with Crippen molar-refractivity contribution in [1.29, 1.82) is 0 Å². The molecule has 2 aromatic rings. The van der Waals surface area contributed by atoms with Crippen LogP contribution in [-0.4, -0.2) is 45.7 Å². The van der Waals surface area contributed by atoms with Gasteiger partial charge in [0.2, 0.25) is 0 Å². The quantitative estimate of drug-likeness (QED) is 0.653. The molecule has 29 heavy (non-hydrogen) atoms. The van der Waals surface area contributed by atoms with E-state index in [0.717, 1.165) is 12.7 Å². The SMILES string of the molecule is CCCOC(=O)c1ccc(NC(=O)COC(=O)c2ccc(S(C)(=O)=O)cc2)cc1. The number of sulfone groups is 1. The average Bonchev–Trinajstić information content (AvgIpc) is 2.70. The molecule has 0 saturated heterocycles. The molecule has 2 aromatic carbocycles. The van der Waals surface area contributed by atoms with Gasteiger partial charge in [0.05, 0.1) is 22.6 Å². The molecular weight excluding hydrogens is 398 g/mol. The number of esters is 2. The van der Waals surface area contributed by atoms with Crippen LogP contribution in [0.4, 0.5) is 5.69 Å². The van der Waals surface area contributed by atoms with Crippen molar-refractivity contribution < 1.29 is 32.3 Å². The van der Waals surface area contributed by atoms with Crippen LogP contribution in [0.5, 0.6) is 0 Å². The maximum atomic E-state index is 12.0. The maximum Gasteiger partial charge on any atom is 0.338 e. The third-order valence-corrected chi connectivity index (χ3v) is 4.82. The summed E-state index contributed by atoms with van der Waals surface area (Å²) in [6, 6.07) is 11.3. The molecule has 0 spiro atoms. The summed E-state index contributed by atoms with van der Waals surface area (Å²) in [4.78, 5) is 35.7. The minimum atomic E-state index is -3.36. The zero-order chi connectivity index (χ0) is 21.4. The van der Waals surface area contributed by atoms with Gasteiger partial charge in [-0.25, -0.2) is 18.0 Å². The predicted octanol–water partition coefficient (Wildman–Crippen LogP) is 2.45. The van der Waals surface area contributed by atoms with Gasteiger partial charge in [-0.3, -0.25) is 4.79 Å². The van der Waals surface area contributed by atoms with E-state index in [1.165, 1.54) is 48.5 Å². The number of hydrogen-bond donors (Lipinski definition) is 1. The Morgan fingerprint density at radius 2 is 1.38 bits per heavy atom. The van der Waals surface area contributed by atoms with Crippen LogP contribution < -0.4 is 5.32 Å². The summed E-state index contributed by atoms with van der Waals surface area (Å²) in [5.41, 5.74) is 0.913. The molecule has 0 radical (unpaired) electrons. The van der Waals surface area contributed by atoms with Crippen LogP contribution in [0.1, 0.15) is 34.1 Å². The van der Waals surface area contributed by atoms with Gasteiger partial charge in [0.15, 0.2) is 16.4 Å². The lowest BCUT2D eigenvalue weighted by atomic mass is 10.2. The van der Waals surface area contributed by atoms with Gasteiger partial charge in [-0.2, -0.15) is 0 Å². The molecule has 0 saturated carbocycles. The van der Waals surface area contributed by atoms with Crippen LogP contribution in [-0.2, 0) is 24.1 Å². The van der Waals surface area contributed by atoms with E-state index < -0.39 is 34.3 Å². The highest BCUT2D eigenvalue weighted by molar-refractivity contribution is 7.90. The minimum Gasteiger partial charge on any atom is -0.462 e. The van der Waals surface area contributed by atoms with Crippen molar-refractivity contribution in [3.05, 3.63) is 59.7 Å². The van der Waals surface area contributed by atoms with E-state index in [2.05, 4.69) is 5.32 Å². The van der Waals surface area contributed by atoms with E-state index in [0.29, 0.717) is 17.9 Å². The lowest BCUT2D eigenvalue weighted by molar-refractivity contribution is -0.119. The van der Waals surface area contributed by atoms with Gasteiger partial charge in [-0.05, 0) is 55.0 Å². The van der Waals surface area contributed by atoms with Crippen molar-refractivity contribution in [1.82, 2.24) is 0 Å². The Labute approximate surface area is 168 Å². The summed E-state index contributed by atoms with van der Waals surface area (Å²) >= 11 is 0. The first-order chi connectivity index (χ1) is 13.7. The molecule has 0 unspecified atom stereocenters. The first-order valence-electron chi connectivity index (χ1n) is 8.75. The zero-order valence-corrected chi connectivity index (χ0v) is 16.8. The van der Waals surface area contributed by atoms with Gasteiger partial charge >= 0.3 is 11.9 Å². The number of carbonyl (C=O) groups is 3. The number of anilines is 1. The van der Waals surface area contributed by atoms with Crippen molar-refractivity contribution in [2.45, 2.75) is 18.2 Å². The second kappa shape index (κ2) is 9.83. The Bertz CT molecular complexity index is 980. The van der Waals surface area contributed by atoms with Gasteiger partial charge in [-0.15, -0.1) is 0 Å². The molecule has 0 heterocycles. The number of carbonyl (C=O) groups excluding carboxylic acids is 3. The fraction of sp³-hybridized carbons (Fsp3) is 0.250. The normalized spacial score (nSPS) is 10.8. The second-order valence-electron chi connectivity index (χ2n) is 6.13. The Hall–Kier alpha value is -3.20. The molecule has 9 heteroatoms. The molecule has 0 bridgehead atoms. The third-order valence-electron chi connectivity index (χ3n) is 3.69. The zero-order valence-electron chi connectivity index (χ0n) is 16.0. The standard InChI is InChI=1S/C20H21NO7S/c1-3-12-27-19(23)14-4-8-16(9-5-14)21-18(22)13-28-20(24)15-6-10-17(11-7-15)29(2,25)26/h4-11H,3,12-13H2,1-2H3,(H,21,22). The Morgan fingerprint density at radius 1 is 0.862 bits per heavy atom. The fourth-order valence-corrected chi connectivity index (χ4v) is 2.85. The molecule has 0 aliphatic carbocycles. The van der Waals surface area contributed by atoms with E-state index in [1.807, 2.05) is 6.92 Å². The van der Waals surface area contributed by atoms with Crippen LogP contribution in [0.25, 0.3) is 0 Å². The molecule has 0 aromatic heterocycles. The van der Waals surface area contributed by atoms with Crippen LogP contribution in [0, 0.1) is 0 Å². The number of ether oxygens (including phenoxy) is 2. The van der Waals surface area contributed by atoms with Crippen LogP contribution in [0.2, 0.25) is 0 Å². The molecule has 2 rings (SSSR count). The molecule has 0 fully saturated rings. The van der Waals surface area contributed by atoms with E-state index in [9.17, 15) is 22.8 Å². The fourth-order valence-electron chi connectivity index (χ4n) is 2.22. The summed E-state index contributed by atoms with van der Waals surface area (Å²) in [5, 5.41) is 2.54. The van der Waals surface area contributed by atoms with Crippen LogP contribution in [0.15, 0.2) is 53.4 Å². The highest BCUT2D eigenvalue weighted by Crippen LogP contribution is 2.12. The van der Waals surface area contributed by atoms with Crippen molar-refractivity contribution >= 4 is 33.4 Å². The van der Waals surface area contributed by atoms with E-state index in [1.54, 1.807) is 0 Å². The number of amides is 1. The number of hydrogen-bond acceptors (Lipinski definition) is 7. The van der Waals surface area contributed by atoms with Gasteiger partial charge in [-0.1, -0.05) is 6.92 Å². The van der Waals surface area contributed by atoms with Crippen molar-refractivity contribution in [2.75, 3.05) is 24.8 Å². The Balaban J connectivity index is 1.86. The summed E-state index contributed by atoms with van der Waals surface area (Å²) in [6.45, 7) is 1.70. The molecule has 1 amide bonds. The van der Waals surface area contributed by atoms with Gasteiger partial charge in [0.25, 0.3) is 5.91 Å². The highest BCUT2D eigenvalue weighted by atomic mass is 32.2. The number of benzene rings is 2. The molecule has 154 valence electrons. The Kier molecular flexibility index (Phi) is 7.49. The van der Waals surface area contributed by atoms with Crippen LogP contribution >= 0.6 is 0 Å². The molecule has 0 atom stereocenters. The minimum absolute atomic E-state index is 0.0776. The summed E-state index contributed by atoms with van der Waals surface area (Å²) in [5.74, 6) is -1.76.